The number of aldehydes is 1. The van der Waals surface area contributed by atoms with Crippen molar-refractivity contribution in [2.75, 3.05) is 6.61 Å². The van der Waals surface area contributed by atoms with Crippen LogP contribution in [0.1, 0.15) is 32.6 Å². The number of ether oxygens (including phenoxy) is 1. The fourth-order valence-electron chi connectivity index (χ4n) is 3.99. The van der Waals surface area contributed by atoms with Crippen molar-refractivity contribution in [2.24, 2.45) is 11.8 Å². The topological polar surface area (TPSA) is 75.6 Å². The molecule has 3 aliphatic rings. The van der Waals surface area contributed by atoms with E-state index in [0.29, 0.717) is 19.3 Å². The fourth-order valence-corrected chi connectivity index (χ4v) is 3.99. The number of amides is 1. The summed E-state index contributed by atoms with van der Waals surface area (Å²) in [5, 5.41) is 13.5. The van der Waals surface area contributed by atoms with Gasteiger partial charge in [0.25, 0.3) is 0 Å². The molecule has 1 amide bonds. The van der Waals surface area contributed by atoms with Crippen LogP contribution in [0.2, 0.25) is 0 Å². The average Bonchev–Trinajstić information content (AvgIpc) is 2.96. The van der Waals surface area contributed by atoms with Crippen LogP contribution in [0.3, 0.4) is 0 Å². The molecule has 0 aromatic heterocycles. The maximum absolute atomic E-state index is 12.1. The van der Waals surface area contributed by atoms with E-state index in [4.69, 9.17) is 4.74 Å². The van der Waals surface area contributed by atoms with E-state index in [1.54, 1.807) is 6.92 Å². The van der Waals surface area contributed by atoms with Crippen LogP contribution in [0, 0.1) is 11.8 Å². The Hall–Kier alpha value is -1.20. The van der Waals surface area contributed by atoms with Gasteiger partial charge >= 0.3 is 0 Å². The molecule has 5 heteroatoms. The lowest BCUT2D eigenvalue weighted by Crippen LogP contribution is -2.66. The molecule has 0 radical (unpaired) electrons. The Morgan fingerprint density at radius 3 is 3.00 bits per heavy atom. The first kappa shape index (κ1) is 13.8. The minimum atomic E-state index is -1.34. The van der Waals surface area contributed by atoms with Crippen LogP contribution >= 0.6 is 0 Å². The summed E-state index contributed by atoms with van der Waals surface area (Å²) < 4.78 is 5.75. The quantitative estimate of drug-likeness (QED) is 0.585. The second kappa shape index (κ2) is 4.67. The van der Waals surface area contributed by atoms with Crippen molar-refractivity contribution in [3.63, 3.8) is 0 Å². The van der Waals surface area contributed by atoms with Crippen molar-refractivity contribution < 1.29 is 19.4 Å². The molecule has 1 aliphatic carbocycles. The van der Waals surface area contributed by atoms with Crippen molar-refractivity contribution in [3.05, 3.63) is 12.2 Å². The Labute approximate surface area is 118 Å². The van der Waals surface area contributed by atoms with Crippen molar-refractivity contribution >= 4 is 12.2 Å². The van der Waals surface area contributed by atoms with Gasteiger partial charge in [-0.25, -0.2) is 0 Å². The zero-order valence-corrected chi connectivity index (χ0v) is 11.7. The minimum Gasteiger partial charge on any atom is -0.389 e. The van der Waals surface area contributed by atoms with E-state index < -0.39 is 17.2 Å². The van der Waals surface area contributed by atoms with Crippen LogP contribution < -0.4 is 5.32 Å². The molecule has 0 aromatic carbocycles. The molecule has 110 valence electrons. The van der Waals surface area contributed by atoms with Crippen LogP contribution in [-0.4, -0.2) is 41.2 Å². The number of hydrogen-bond donors (Lipinski definition) is 2. The summed E-state index contributed by atoms with van der Waals surface area (Å²) in [6.45, 7) is 2.23. The summed E-state index contributed by atoms with van der Waals surface area (Å²) in [6, 6.07) is 0. The zero-order valence-electron chi connectivity index (χ0n) is 11.7. The molecule has 2 heterocycles. The second-order valence-electron chi connectivity index (χ2n) is 6.24. The van der Waals surface area contributed by atoms with Crippen molar-refractivity contribution in [1.82, 2.24) is 5.32 Å². The number of hydrogen-bond acceptors (Lipinski definition) is 4. The molecule has 5 unspecified atom stereocenters. The molecular weight excluding hydrogens is 258 g/mol. The smallest absolute Gasteiger partial charge is 0.227 e. The van der Waals surface area contributed by atoms with Crippen LogP contribution in [-0.2, 0) is 14.3 Å². The Kier molecular flexibility index (Phi) is 3.21. The number of aliphatic hydroxyl groups excluding tert-OH is 1. The molecule has 3 rings (SSSR count). The number of aliphatic hydroxyl groups is 1. The molecule has 5 atom stereocenters. The molecule has 2 aliphatic heterocycles. The summed E-state index contributed by atoms with van der Waals surface area (Å²) in [7, 11) is 0. The van der Waals surface area contributed by atoms with Gasteiger partial charge in [0.05, 0.1) is 12.0 Å². The minimum absolute atomic E-state index is 0.117. The Bertz CT molecular complexity index is 463. The number of carbonyl (C=O) groups excluding carboxylic acids is 2. The molecular formula is C15H21NO4. The van der Waals surface area contributed by atoms with E-state index in [-0.39, 0.29) is 17.7 Å². The molecule has 0 bridgehead atoms. The lowest BCUT2D eigenvalue weighted by Gasteiger charge is -2.43. The highest BCUT2D eigenvalue weighted by Gasteiger charge is 2.68. The molecule has 2 N–H and O–H groups in total. The van der Waals surface area contributed by atoms with Gasteiger partial charge in [0.2, 0.25) is 5.91 Å². The van der Waals surface area contributed by atoms with E-state index in [2.05, 4.69) is 5.32 Å². The molecule has 2 fully saturated rings. The van der Waals surface area contributed by atoms with Gasteiger partial charge in [-0.05, 0) is 32.6 Å². The first-order chi connectivity index (χ1) is 9.55. The highest BCUT2D eigenvalue weighted by atomic mass is 16.5. The van der Waals surface area contributed by atoms with Gasteiger partial charge in [-0.1, -0.05) is 12.2 Å². The predicted molar refractivity (Wildman–Crippen MR) is 71.9 cm³/mol. The van der Waals surface area contributed by atoms with Gasteiger partial charge < -0.3 is 20.0 Å². The van der Waals surface area contributed by atoms with Crippen LogP contribution in [0.25, 0.3) is 0 Å². The summed E-state index contributed by atoms with van der Waals surface area (Å²) in [5.74, 6) is -0.653. The van der Waals surface area contributed by atoms with Crippen molar-refractivity contribution in [2.45, 2.75) is 49.9 Å². The van der Waals surface area contributed by atoms with Crippen LogP contribution in [0.5, 0.6) is 0 Å². The van der Waals surface area contributed by atoms with Crippen molar-refractivity contribution in [3.8, 4) is 0 Å². The first-order valence-electron chi connectivity index (χ1n) is 7.32. The third-order valence-electron chi connectivity index (χ3n) is 5.29. The maximum Gasteiger partial charge on any atom is 0.227 e. The van der Waals surface area contributed by atoms with Gasteiger partial charge in [-0.15, -0.1) is 0 Å². The number of fused-ring (bicyclic) bond motifs is 1. The molecule has 2 saturated heterocycles. The standard InChI is InChI=1S/C15H21NO4/c1-14-11(7-8-20-14)13(19)16-15(14,9-17)12(18)10-5-3-2-4-6-10/h3,5,9-12,18H,2,4,6-8H2,1H3,(H,16,19). The highest BCUT2D eigenvalue weighted by molar-refractivity contribution is 5.92. The Balaban J connectivity index is 1.98. The third-order valence-corrected chi connectivity index (χ3v) is 5.29. The summed E-state index contributed by atoms with van der Waals surface area (Å²) >= 11 is 0. The van der Waals surface area contributed by atoms with E-state index in [1.807, 2.05) is 12.2 Å². The summed E-state index contributed by atoms with van der Waals surface area (Å²) in [5.41, 5.74) is -2.28. The van der Waals surface area contributed by atoms with Gasteiger partial charge in [0.15, 0.2) is 11.8 Å². The Morgan fingerprint density at radius 2 is 2.35 bits per heavy atom. The zero-order chi connectivity index (χ0) is 14.4. The monoisotopic (exact) mass is 279 g/mol. The molecule has 0 spiro atoms. The number of allylic oxidation sites excluding steroid dienone is 1. The van der Waals surface area contributed by atoms with Crippen LogP contribution in [0.4, 0.5) is 0 Å². The number of rotatable bonds is 3. The van der Waals surface area contributed by atoms with E-state index in [9.17, 15) is 14.7 Å². The molecule has 0 aromatic rings. The van der Waals surface area contributed by atoms with E-state index in [0.717, 1.165) is 19.3 Å². The van der Waals surface area contributed by atoms with Gasteiger partial charge in [-0.3, -0.25) is 4.79 Å². The van der Waals surface area contributed by atoms with E-state index in [1.165, 1.54) is 0 Å². The second-order valence-corrected chi connectivity index (χ2v) is 6.24. The Morgan fingerprint density at radius 1 is 1.55 bits per heavy atom. The van der Waals surface area contributed by atoms with Gasteiger partial charge in [-0.2, -0.15) is 0 Å². The van der Waals surface area contributed by atoms with E-state index >= 15 is 0 Å². The third kappa shape index (κ3) is 1.63. The van der Waals surface area contributed by atoms with Gasteiger partial charge in [0, 0.05) is 12.5 Å². The molecule has 0 saturated carbocycles. The highest BCUT2D eigenvalue weighted by Crippen LogP contribution is 2.48. The predicted octanol–water partition coefficient (Wildman–Crippen LogP) is 0.566. The largest absolute Gasteiger partial charge is 0.389 e. The number of nitrogens with one attached hydrogen (secondary N) is 1. The van der Waals surface area contributed by atoms with Gasteiger partial charge in [0.1, 0.15) is 5.60 Å². The lowest BCUT2D eigenvalue weighted by atomic mass is 9.70. The first-order valence-corrected chi connectivity index (χ1v) is 7.32. The SMILES string of the molecule is CC12OCCC1C(=O)NC2(C=O)C(O)C1C=CCCC1. The van der Waals surface area contributed by atoms with Crippen LogP contribution in [0.15, 0.2) is 12.2 Å². The molecule has 5 nitrogen and oxygen atoms in total. The maximum atomic E-state index is 12.1. The molecule has 20 heavy (non-hydrogen) atoms. The summed E-state index contributed by atoms with van der Waals surface area (Å²) in [4.78, 5) is 24.0. The number of carbonyl (C=O) groups is 2. The summed E-state index contributed by atoms with van der Waals surface area (Å²) in [6.07, 6.45) is 7.13. The normalized spacial score (nSPS) is 45.0. The van der Waals surface area contributed by atoms with Crippen molar-refractivity contribution in [1.29, 1.82) is 0 Å². The lowest BCUT2D eigenvalue weighted by molar-refractivity contribution is -0.140. The fraction of sp³-hybridized carbons (Fsp3) is 0.733. The average molecular weight is 279 g/mol.